The summed E-state index contributed by atoms with van der Waals surface area (Å²) in [6, 6.07) is 17.9. The third kappa shape index (κ3) is 3.58. The molecule has 1 N–H and O–H groups in total. The van der Waals surface area contributed by atoms with Gasteiger partial charge in [-0.2, -0.15) is 5.26 Å². The molecule has 0 aliphatic carbocycles. The maximum atomic E-state index is 9.80. The van der Waals surface area contributed by atoms with Gasteiger partial charge in [0.25, 0.3) is 0 Å². The Morgan fingerprint density at radius 3 is 2.52 bits per heavy atom. The van der Waals surface area contributed by atoms with Crippen LogP contribution in [0, 0.1) is 11.3 Å². The molecule has 0 radical (unpaired) electrons. The Labute approximate surface area is 138 Å². The molecule has 0 bridgehead atoms. The first-order valence-corrected chi connectivity index (χ1v) is 7.98. The normalized spacial score (nSPS) is 13.2. The van der Waals surface area contributed by atoms with E-state index in [0.29, 0.717) is 5.02 Å². The Balaban J connectivity index is 2.41. The van der Waals surface area contributed by atoms with Crippen LogP contribution in [0.5, 0.6) is 0 Å². The zero-order valence-corrected chi connectivity index (χ0v) is 14.1. The monoisotopic (exact) mass is 362 g/mol. The zero-order chi connectivity index (χ0) is 15.3. The quantitative estimate of drug-likeness (QED) is 0.736. The van der Waals surface area contributed by atoms with Gasteiger partial charge in [-0.15, -0.1) is 0 Å². The molecule has 0 fully saturated rings. The summed E-state index contributed by atoms with van der Waals surface area (Å²) in [5.41, 5.74) is 1.11. The molecule has 108 valence electrons. The van der Waals surface area contributed by atoms with Crippen molar-refractivity contribution >= 4 is 33.2 Å². The van der Waals surface area contributed by atoms with Crippen LogP contribution in [0.4, 0.5) is 5.69 Å². The Morgan fingerprint density at radius 1 is 1.24 bits per heavy atom. The van der Waals surface area contributed by atoms with Crippen LogP contribution in [0.2, 0.25) is 5.02 Å². The SMILES string of the molecule is CCCC(C#N)(Nc1ccc(Cl)c(Br)c1)c1ccccc1. The first-order valence-electron chi connectivity index (χ1n) is 6.81. The van der Waals surface area contributed by atoms with Crippen molar-refractivity contribution in [1.29, 1.82) is 5.26 Å². The number of rotatable bonds is 5. The maximum absolute atomic E-state index is 9.80. The molecule has 0 aromatic heterocycles. The number of hydrogen-bond acceptors (Lipinski definition) is 2. The summed E-state index contributed by atoms with van der Waals surface area (Å²) in [5, 5.41) is 13.8. The van der Waals surface area contributed by atoms with Gasteiger partial charge in [-0.3, -0.25) is 0 Å². The third-order valence-electron chi connectivity index (χ3n) is 3.36. The zero-order valence-electron chi connectivity index (χ0n) is 11.7. The number of nitrogens with one attached hydrogen (secondary N) is 1. The average molecular weight is 364 g/mol. The maximum Gasteiger partial charge on any atom is 0.151 e. The van der Waals surface area contributed by atoms with E-state index >= 15 is 0 Å². The fraction of sp³-hybridized carbons (Fsp3) is 0.235. The molecule has 0 amide bonds. The minimum absolute atomic E-state index is 0.651. The molecule has 0 aliphatic heterocycles. The molecule has 1 atom stereocenters. The van der Waals surface area contributed by atoms with Gasteiger partial charge in [-0.25, -0.2) is 0 Å². The minimum Gasteiger partial charge on any atom is -0.364 e. The summed E-state index contributed by atoms with van der Waals surface area (Å²) >= 11 is 9.44. The first-order chi connectivity index (χ1) is 10.1. The van der Waals surface area contributed by atoms with E-state index in [9.17, 15) is 5.26 Å². The van der Waals surface area contributed by atoms with E-state index in [-0.39, 0.29) is 0 Å². The highest BCUT2D eigenvalue weighted by molar-refractivity contribution is 9.10. The number of hydrogen-bond donors (Lipinski definition) is 1. The number of anilines is 1. The highest BCUT2D eigenvalue weighted by Crippen LogP contribution is 2.33. The fourth-order valence-corrected chi connectivity index (χ4v) is 2.84. The van der Waals surface area contributed by atoms with Crippen molar-refractivity contribution in [3.8, 4) is 6.07 Å². The van der Waals surface area contributed by atoms with Crippen molar-refractivity contribution < 1.29 is 0 Å². The molecule has 2 aromatic rings. The summed E-state index contributed by atoms with van der Waals surface area (Å²) in [6.07, 6.45) is 1.64. The van der Waals surface area contributed by atoms with Crippen LogP contribution < -0.4 is 5.32 Å². The van der Waals surface area contributed by atoms with Crippen LogP contribution in [0.1, 0.15) is 25.3 Å². The highest BCUT2D eigenvalue weighted by Gasteiger charge is 2.31. The van der Waals surface area contributed by atoms with Gasteiger partial charge >= 0.3 is 0 Å². The summed E-state index contributed by atoms with van der Waals surface area (Å²) < 4.78 is 0.811. The molecule has 2 rings (SSSR count). The second-order valence-electron chi connectivity index (χ2n) is 4.89. The fourth-order valence-electron chi connectivity index (χ4n) is 2.35. The molecular weight excluding hydrogens is 348 g/mol. The molecule has 0 heterocycles. The Kier molecular flexibility index (Phi) is 5.27. The lowest BCUT2D eigenvalue weighted by molar-refractivity contribution is 0.559. The number of nitriles is 1. The first kappa shape index (κ1) is 15.9. The summed E-state index contributed by atoms with van der Waals surface area (Å²) in [7, 11) is 0. The number of benzene rings is 2. The molecule has 2 nitrogen and oxygen atoms in total. The molecule has 1 unspecified atom stereocenters. The van der Waals surface area contributed by atoms with E-state index in [1.54, 1.807) is 0 Å². The molecule has 0 saturated carbocycles. The van der Waals surface area contributed by atoms with Gasteiger partial charge in [0.2, 0.25) is 0 Å². The van der Waals surface area contributed by atoms with E-state index in [4.69, 9.17) is 11.6 Å². The van der Waals surface area contributed by atoms with Crippen LogP contribution in [-0.4, -0.2) is 0 Å². The lowest BCUT2D eigenvalue weighted by atomic mass is 9.86. The van der Waals surface area contributed by atoms with Gasteiger partial charge in [0.15, 0.2) is 5.54 Å². The number of nitrogens with zero attached hydrogens (tertiary/aromatic N) is 1. The largest absolute Gasteiger partial charge is 0.364 e. The molecule has 0 aliphatic rings. The van der Waals surface area contributed by atoms with Crippen molar-refractivity contribution in [2.75, 3.05) is 5.32 Å². The van der Waals surface area contributed by atoms with Gasteiger partial charge in [-0.05, 0) is 46.1 Å². The van der Waals surface area contributed by atoms with Crippen LogP contribution >= 0.6 is 27.5 Å². The molecule has 0 saturated heterocycles. The van der Waals surface area contributed by atoms with Crippen molar-refractivity contribution in [2.45, 2.75) is 25.3 Å². The van der Waals surface area contributed by atoms with Gasteiger partial charge in [0.1, 0.15) is 0 Å². The molecular formula is C17H16BrClN2. The summed E-state index contributed by atoms with van der Waals surface area (Å²) in [4.78, 5) is 0. The standard InChI is InChI=1S/C17H16BrClN2/c1-2-10-17(12-20,13-6-4-3-5-7-13)21-14-8-9-16(19)15(18)11-14/h3-9,11,21H,2,10H2,1H3. The molecule has 2 aromatic carbocycles. The third-order valence-corrected chi connectivity index (χ3v) is 4.57. The minimum atomic E-state index is -0.733. The lowest BCUT2D eigenvalue weighted by Gasteiger charge is -2.29. The van der Waals surface area contributed by atoms with Crippen molar-refractivity contribution in [1.82, 2.24) is 0 Å². The van der Waals surface area contributed by atoms with Gasteiger partial charge in [0.05, 0.1) is 11.1 Å². The molecule has 0 spiro atoms. The second kappa shape index (κ2) is 6.98. The lowest BCUT2D eigenvalue weighted by Crippen LogP contribution is -2.33. The molecule has 4 heteroatoms. The summed E-state index contributed by atoms with van der Waals surface area (Å²) in [6.45, 7) is 2.08. The molecule has 21 heavy (non-hydrogen) atoms. The van der Waals surface area contributed by atoms with Crippen molar-refractivity contribution in [3.63, 3.8) is 0 Å². The Hall–Kier alpha value is -1.50. The van der Waals surface area contributed by atoms with E-state index in [1.807, 2.05) is 48.5 Å². The number of halogens is 2. The van der Waals surface area contributed by atoms with Crippen molar-refractivity contribution in [2.24, 2.45) is 0 Å². The Morgan fingerprint density at radius 2 is 1.95 bits per heavy atom. The van der Waals surface area contributed by atoms with Crippen LogP contribution in [-0.2, 0) is 5.54 Å². The van der Waals surface area contributed by atoms with Crippen molar-refractivity contribution in [3.05, 3.63) is 63.6 Å². The van der Waals surface area contributed by atoms with Crippen LogP contribution in [0.3, 0.4) is 0 Å². The Bertz CT molecular complexity index is 652. The second-order valence-corrected chi connectivity index (χ2v) is 6.15. The van der Waals surface area contributed by atoms with Crippen LogP contribution in [0.15, 0.2) is 53.0 Å². The highest BCUT2D eigenvalue weighted by atomic mass is 79.9. The predicted octanol–water partition coefficient (Wildman–Crippen LogP) is 5.73. The van der Waals surface area contributed by atoms with Gasteiger partial charge in [0, 0.05) is 10.2 Å². The topological polar surface area (TPSA) is 35.8 Å². The van der Waals surface area contributed by atoms with E-state index in [2.05, 4.69) is 34.2 Å². The van der Waals surface area contributed by atoms with Gasteiger partial charge < -0.3 is 5.32 Å². The van der Waals surface area contributed by atoms with E-state index in [1.165, 1.54) is 0 Å². The van der Waals surface area contributed by atoms with E-state index < -0.39 is 5.54 Å². The van der Waals surface area contributed by atoms with Crippen LogP contribution in [0.25, 0.3) is 0 Å². The predicted molar refractivity (Wildman–Crippen MR) is 91.4 cm³/mol. The summed E-state index contributed by atoms with van der Waals surface area (Å²) in [5.74, 6) is 0. The smallest absolute Gasteiger partial charge is 0.151 e. The van der Waals surface area contributed by atoms with E-state index in [0.717, 1.165) is 28.6 Å². The average Bonchev–Trinajstić information content (AvgIpc) is 2.51. The van der Waals surface area contributed by atoms with Gasteiger partial charge in [-0.1, -0.05) is 55.3 Å².